The third kappa shape index (κ3) is 16.1. The van der Waals surface area contributed by atoms with Gasteiger partial charge in [-0.1, -0.05) is 33.1 Å². The molecule has 2 atom stereocenters. The Bertz CT molecular complexity index is 1020. The molecule has 6 nitrogen and oxygen atoms in total. The predicted octanol–water partition coefficient (Wildman–Crippen LogP) is 9.07. The van der Waals surface area contributed by atoms with Crippen molar-refractivity contribution in [1.29, 1.82) is 0 Å². The molecule has 0 aliphatic carbocycles. The van der Waals surface area contributed by atoms with Crippen molar-refractivity contribution in [2.75, 3.05) is 76.0 Å². The van der Waals surface area contributed by atoms with Gasteiger partial charge in [0.2, 0.25) is 0 Å². The Labute approximate surface area is 303 Å². The second-order valence-corrected chi connectivity index (χ2v) is 13.4. The van der Waals surface area contributed by atoms with E-state index in [1.165, 1.54) is 0 Å². The molecule has 0 spiro atoms. The second kappa shape index (κ2) is 25.4. The van der Waals surface area contributed by atoms with Crippen LogP contribution in [0, 0.1) is 11.8 Å². The van der Waals surface area contributed by atoms with E-state index in [4.69, 9.17) is 55.9 Å². The minimum Gasteiger partial charge on any atom is -0.494 e. The predicted molar refractivity (Wildman–Crippen MR) is 199 cm³/mol. The number of hydrogen-bond donors (Lipinski definition) is 0. The number of Topliss-reactive ketones (excluding diaryl/α,β-unsaturated/α-hetero) is 2. The molecule has 0 aliphatic rings. The van der Waals surface area contributed by atoms with Crippen LogP contribution in [0.4, 0.5) is 0 Å². The summed E-state index contributed by atoms with van der Waals surface area (Å²) in [7, 11) is 0. The quantitative estimate of drug-likeness (QED) is 0.0495. The molecule has 0 radical (unpaired) electrons. The Balaban J connectivity index is 2.10. The molecule has 0 N–H and O–H groups in total. The fourth-order valence-electron chi connectivity index (χ4n) is 5.60. The lowest BCUT2D eigenvalue weighted by atomic mass is 9.89. The molecule has 0 aromatic heterocycles. The number of nitrogens with zero attached hydrogens (tertiary/aromatic N) is 2. The maximum absolute atomic E-state index is 13.7. The second-order valence-electron chi connectivity index (χ2n) is 11.9. The molecular weight excluding hydrogens is 678 g/mol. The SMILES string of the molecule is CCCOc1ccc(C(=O)[C@@H](CCCCC[C@@H](CN(CCCl)CCCl)C(=O)c2ccc(OCCC)cc2)CN(CCCl)CCCl)cc1. The van der Waals surface area contributed by atoms with Crippen molar-refractivity contribution in [3.8, 4) is 11.5 Å². The zero-order valence-corrected chi connectivity index (χ0v) is 31.3. The van der Waals surface area contributed by atoms with E-state index in [-0.39, 0.29) is 23.4 Å². The summed E-state index contributed by atoms with van der Waals surface area (Å²) < 4.78 is 11.4. The Kier molecular flexibility index (Phi) is 22.5. The first-order valence-electron chi connectivity index (χ1n) is 17.1. The zero-order valence-electron chi connectivity index (χ0n) is 28.2. The summed E-state index contributed by atoms with van der Waals surface area (Å²) in [6.07, 6.45) is 6.01. The normalized spacial score (nSPS) is 12.8. The summed E-state index contributed by atoms with van der Waals surface area (Å²) >= 11 is 24.3. The number of carbonyl (C=O) groups excluding carboxylic acids is 2. The highest BCUT2D eigenvalue weighted by molar-refractivity contribution is 6.18. The number of rotatable bonds is 28. The summed E-state index contributed by atoms with van der Waals surface area (Å²) in [5.41, 5.74) is 1.37. The third-order valence-electron chi connectivity index (χ3n) is 8.13. The van der Waals surface area contributed by atoms with Crippen LogP contribution in [0.3, 0.4) is 0 Å². The van der Waals surface area contributed by atoms with Crippen LogP contribution < -0.4 is 9.47 Å². The number of ketones is 2. The van der Waals surface area contributed by atoms with Gasteiger partial charge in [-0.2, -0.15) is 0 Å². The van der Waals surface area contributed by atoms with E-state index < -0.39 is 0 Å². The van der Waals surface area contributed by atoms with Crippen LogP contribution in [-0.4, -0.2) is 97.4 Å². The van der Waals surface area contributed by atoms with E-state index in [9.17, 15) is 9.59 Å². The molecule has 47 heavy (non-hydrogen) atoms. The van der Waals surface area contributed by atoms with Crippen LogP contribution in [-0.2, 0) is 0 Å². The first kappa shape index (κ1) is 41.6. The molecule has 0 bridgehead atoms. The lowest BCUT2D eigenvalue weighted by Gasteiger charge is -2.26. The van der Waals surface area contributed by atoms with Gasteiger partial charge in [0.25, 0.3) is 0 Å². The molecular formula is C37H54Cl4N2O4. The summed E-state index contributed by atoms with van der Waals surface area (Å²) in [5.74, 6) is 3.35. The van der Waals surface area contributed by atoms with Crippen molar-refractivity contribution < 1.29 is 19.1 Å². The zero-order chi connectivity index (χ0) is 34.3. The van der Waals surface area contributed by atoms with E-state index in [0.717, 1.165) is 56.4 Å². The number of hydrogen-bond acceptors (Lipinski definition) is 6. The van der Waals surface area contributed by atoms with Crippen LogP contribution in [0.2, 0.25) is 0 Å². The highest BCUT2D eigenvalue weighted by Crippen LogP contribution is 2.24. The average molecular weight is 733 g/mol. The van der Waals surface area contributed by atoms with Crippen molar-refractivity contribution in [3.63, 3.8) is 0 Å². The minimum atomic E-state index is -0.183. The third-order valence-corrected chi connectivity index (χ3v) is 8.81. The molecule has 2 aromatic rings. The molecule has 0 unspecified atom stereocenters. The maximum atomic E-state index is 13.7. The Hall–Kier alpha value is -1.54. The molecule has 264 valence electrons. The molecule has 0 fully saturated rings. The van der Waals surface area contributed by atoms with Crippen LogP contribution in [0.15, 0.2) is 48.5 Å². The number of unbranched alkanes of at least 4 members (excludes halogenated alkanes) is 2. The van der Waals surface area contributed by atoms with Gasteiger partial charge in [0.15, 0.2) is 11.6 Å². The fraction of sp³-hybridized carbons (Fsp3) is 0.622. The Morgan fingerprint density at radius 2 is 0.915 bits per heavy atom. The van der Waals surface area contributed by atoms with Gasteiger partial charge in [-0.3, -0.25) is 9.59 Å². The Morgan fingerprint density at radius 3 is 1.21 bits per heavy atom. The molecule has 0 amide bonds. The minimum absolute atomic E-state index is 0.124. The van der Waals surface area contributed by atoms with Gasteiger partial charge >= 0.3 is 0 Å². The van der Waals surface area contributed by atoms with Gasteiger partial charge in [-0.15, -0.1) is 46.4 Å². The standard InChI is InChI=1S/C37H54Cl4N2O4/c1-3-26-46-34-14-10-30(11-15-34)36(44)32(28-42(22-18-38)23-19-39)8-6-5-7-9-33(29-43(24-20-40)25-21-41)37(45)31-12-16-35(17-13-31)47-27-4-2/h10-17,32-33H,3-9,18-29H2,1-2H3/t32-,33-/m0/s1. The summed E-state index contributed by atoms with van der Waals surface area (Å²) in [5, 5.41) is 0. The van der Waals surface area contributed by atoms with Crippen LogP contribution >= 0.6 is 46.4 Å². The Morgan fingerprint density at radius 1 is 0.574 bits per heavy atom. The number of alkyl halides is 4. The van der Waals surface area contributed by atoms with Crippen molar-refractivity contribution in [1.82, 2.24) is 9.80 Å². The molecule has 0 aliphatic heterocycles. The molecule has 10 heteroatoms. The summed E-state index contributed by atoms with van der Waals surface area (Å²) in [6.45, 7) is 9.35. The number of benzene rings is 2. The van der Waals surface area contributed by atoms with Crippen LogP contribution in [0.25, 0.3) is 0 Å². The van der Waals surface area contributed by atoms with E-state index >= 15 is 0 Å². The van der Waals surface area contributed by atoms with Crippen molar-refractivity contribution >= 4 is 58.0 Å². The molecule has 0 saturated carbocycles. The van der Waals surface area contributed by atoms with Gasteiger partial charge in [0, 0.05) is 85.8 Å². The average Bonchev–Trinajstić information content (AvgIpc) is 3.08. The first-order valence-corrected chi connectivity index (χ1v) is 19.3. The van der Waals surface area contributed by atoms with E-state index in [1.54, 1.807) is 0 Å². The van der Waals surface area contributed by atoms with E-state index in [1.807, 2.05) is 48.5 Å². The first-order chi connectivity index (χ1) is 22.9. The highest BCUT2D eigenvalue weighted by Gasteiger charge is 2.25. The molecule has 2 rings (SSSR count). The van der Waals surface area contributed by atoms with Crippen LogP contribution in [0.1, 0.15) is 79.5 Å². The van der Waals surface area contributed by atoms with Gasteiger partial charge in [0.05, 0.1) is 13.2 Å². The van der Waals surface area contributed by atoms with Crippen LogP contribution in [0.5, 0.6) is 11.5 Å². The van der Waals surface area contributed by atoms with E-state index in [0.29, 0.717) is 87.1 Å². The lowest BCUT2D eigenvalue weighted by molar-refractivity contribution is 0.0873. The molecule has 0 heterocycles. The highest BCUT2D eigenvalue weighted by atomic mass is 35.5. The number of halogens is 4. The largest absolute Gasteiger partial charge is 0.494 e. The fourth-order valence-corrected chi connectivity index (χ4v) is 6.56. The van der Waals surface area contributed by atoms with Crippen molar-refractivity contribution in [2.45, 2.75) is 58.8 Å². The smallest absolute Gasteiger partial charge is 0.167 e. The van der Waals surface area contributed by atoms with Crippen molar-refractivity contribution in [3.05, 3.63) is 59.7 Å². The maximum Gasteiger partial charge on any atom is 0.167 e. The summed E-state index contributed by atoms with van der Waals surface area (Å²) in [6, 6.07) is 14.9. The molecule has 0 saturated heterocycles. The number of carbonyl (C=O) groups is 2. The number of ether oxygens (including phenoxy) is 2. The van der Waals surface area contributed by atoms with Gasteiger partial charge in [-0.05, 0) is 74.2 Å². The van der Waals surface area contributed by atoms with E-state index in [2.05, 4.69) is 23.6 Å². The van der Waals surface area contributed by atoms with Gasteiger partial charge in [0.1, 0.15) is 11.5 Å². The van der Waals surface area contributed by atoms with Gasteiger partial charge in [-0.25, -0.2) is 0 Å². The summed E-state index contributed by atoms with van der Waals surface area (Å²) in [4.78, 5) is 31.8. The molecule has 2 aromatic carbocycles. The monoisotopic (exact) mass is 730 g/mol. The topological polar surface area (TPSA) is 59.1 Å². The lowest BCUT2D eigenvalue weighted by Crippen LogP contribution is -2.36. The van der Waals surface area contributed by atoms with Crippen molar-refractivity contribution in [2.24, 2.45) is 11.8 Å². The van der Waals surface area contributed by atoms with Gasteiger partial charge < -0.3 is 19.3 Å².